The molecule has 4 aromatic rings. The number of aliphatic hydroxyl groups is 1. The Morgan fingerprint density at radius 1 is 0.882 bits per heavy atom. The van der Waals surface area contributed by atoms with Gasteiger partial charge in [0.15, 0.2) is 6.73 Å². The number of rotatable bonds is 4. The number of imidazole rings is 1. The van der Waals surface area contributed by atoms with Gasteiger partial charge in [0.1, 0.15) is 11.6 Å². The molecule has 3 aromatic carbocycles. The highest BCUT2D eigenvalue weighted by Gasteiger charge is 2.58. The molecule has 1 aliphatic heterocycles. The van der Waals surface area contributed by atoms with Gasteiger partial charge in [-0.1, -0.05) is 66.7 Å². The number of benzene rings is 3. The van der Waals surface area contributed by atoms with Crippen molar-refractivity contribution in [3.05, 3.63) is 84.4 Å². The Morgan fingerprint density at radius 3 is 2.32 bits per heavy atom. The molecule has 0 spiro atoms. The first kappa shape index (κ1) is 20.0. The van der Waals surface area contributed by atoms with E-state index >= 15 is 0 Å². The molecule has 2 saturated carbocycles. The molecular formula is C29H27N3O2. The van der Waals surface area contributed by atoms with Crippen molar-refractivity contribution in [2.45, 2.75) is 43.6 Å². The fourth-order valence-electron chi connectivity index (χ4n) is 5.90. The second-order valence-electron chi connectivity index (χ2n) is 10.2. The lowest BCUT2D eigenvalue weighted by Crippen LogP contribution is -2.60. The molecule has 0 unspecified atom stereocenters. The first-order valence-electron chi connectivity index (χ1n) is 12.0. The summed E-state index contributed by atoms with van der Waals surface area (Å²) in [6, 6.07) is 26.9. The van der Waals surface area contributed by atoms with E-state index < -0.39 is 11.1 Å². The summed E-state index contributed by atoms with van der Waals surface area (Å²) in [5.41, 5.74) is 11.9. The van der Waals surface area contributed by atoms with Crippen molar-refractivity contribution in [2.75, 3.05) is 0 Å². The number of fused-ring (bicyclic) bond motifs is 3. The van der Waals surface area contributed by atoms with Crippen molar-refractivity contribution >= 4 is 0 Å². The normalized spacial score (nSPS) is 25.1. The van der Waals surface area contributed by atoms with Crippen molar-refractivity contribution in [3.63, 3.8) is 0 Å². The highest BCUT2D eigenvalue weighted by molar-refractivity contribution is 5.83. The quantitative estimate of drug-likeness (QED) is 0.442. The number of ether oxygens (including phenoxy) is 1. The van der Waals surface area contributed by atoms with Crippen LogP contribution < -0.4 is 10.5 Å². The van der Waals surface area contributed by atoms with Gasteiger partial charge in [-0.05, 0) is 49.3 Å². The number of nitrogens with zero attached hydrogens (tertiary/aromatic N) is 2. The Morgan fingerprint density at radius 2 is 1.59 bits per heavy atom. The van der Waals surface area contributed by atoms with Crippen LogP contribution in [0.2, 0.25) is 0 Å². The highest BCUT2D eigenvalue weighted by atomic mass is 16.5. The van der Waals surface area contributed by atoms with Gasteiger partial charge in [-0.25, -0.2) is 4.98 Å². The fourth-order valence-corrected chi connectivity index (χ4v) is 5.90. The summed E-state index contributed by atoms with van der Waals surface area (Å²) in [5.74, 6) is 2.22. The van der Waals surface area contributed by atoms with Crippen molar-refractivity contribution < 1.29 is 9.84 Å². The van der Waals surface area contributed by atoms with Gasteiger partial charge >= 0.3 is 0 Å². The molecule has 0 saturated heterocycles. The van der Waals surface area contributed by atoms with E-state index in [2.05, 4.69) is 59.2 Å². The molecule has 170 valence electrons. The molecule has 2 fully saturated rings. The summed E-state index contributed by atoms with van der Waals surface area (Å²) in [6.45, 7) is 0.424. The molecule has 3 aliphatic rings. The van der Waals surface area contributed by atoms with Crippen LogP contribution >= 0.6 is 0 Å². The standard InChI is InChI=1S/C29H27N3O2/c30-28(16-29(33,17-28)22-14-15-22)21-12-10-19(11-13-21)25-26(20-6-2-1-3-7-20)32-18-34-24-9-5-4-8-23(24)27(32)31-25/h1-13,22,33H,14-18,30H2/t28-,29-. The summed E-state index contributed by atoms with van der Waals surface area (Å²) < 4.78 is 8.23. The topological polar surface area (TPSA) is 73.3 Å². The third-order valence-corrected chi connectivity index (χ3v) is 7.81. The molecule has 0 bridgehead atoms. The maximum atomic E-state index is 10.8. The van der Waals surface area contributed by atoms with E-state index in [1.54, 1.807) is 0 Å². The van der Waals surface area contributed by atoms with E-state index in [1.165, 1.54) is 0 Å². The monoisotopic (exact) mass is 449 g/mol. The van der Waals surface area contributed by atoms with Crippen LogP contribution in [0.5, 0.6) is 5.75 Å². The average Bonchev–Trinajstić information content (AvgIpc) is 3.64. The molecule has 5 heteroatoms. The van der Waals surface area contributed by atoms with Gasteiger partial charge in [0.05, 0.1) is 22.6 Å². The van der Waals surface area contributed by atoms with Crippen molar-refractivity contribution in [1.82, 2.24) is 9.55 Å². The zero-order valence-electron chi connectivity index (χ0n) is 18.9. The van der Waals surface area contributed by atoms with Crippen LogP contribution in [0.25, 0.3) is 33.9 Å². The van der Waals surface area contributed by atoms with Gasteiger partial charge in [0.25, 0.3) is 0 Å². The van der Waals surface area contributed by atoms with E-state index in [4.69, 9.17) is 15.5 Å². The molecule has 0 radical (unpaired) electrons. The van der Waals surface area contributed by atoms with Crippen molar-refractivity contribution in [3.8, 4) is 39.7 Å². The van der Waals surface area contributed by atoms with E-state index in [-0.39, 0.29) is 0 Å². The van der Waals surface area contributed by atoms with Gasteiger partial charge in [-0.2, -0.15) is 0 Å². The van der Waals surface area contributed by atoms with Crippen molar-refractivity contribution in [2.24, 2.45) is 11.7 Å². The highest BCUT2D eigenvalue weighted by Crippen LogP contribution is 2.57. The summed E-state index contributed by atoms with van der Waals surface area (Å²) in [7, 11) is 0. The summed E-state index contributed by atoms with van der Waals surface area (Å²) in [5, 5.41) is 10.8. The molecule has 7 rings (SSSR count). The molecule has 1 aromatic heterocycles. The minimum atomic E-state index is -0.565. The van der Waals surface area contributed by atoms with Crippen LogP contribution in [0.1, 0.15) is 31.2 Å². The summed E-state index contributed by atoms with van der Waals surface area (Å²) in [6.07, 6.45) is 3.55. The molecule has 5 nitrogen and oxygen atoms in total. The Bertz CT molecular complexity index is 1380. The SMILES string of the molecule is N[C@]1(c2ccc(-c3nc4n(c3-c3ccccc3)COc3ccccc3-4)cc2)C[C@](O)(C2CC2)C1. The van der Waals surface area contributed by atoms with E-state index in [9.17, 15) is 5.11 Å². The molecule has 0 amide bonds. The number of para-hydroxylation sites is 1. The lowest BCUT2D eigenvalue weighted by atomic mass is 9.60. The van der Waals surface area contributed by atoms with Gasteiger partial charge in [0, 0.05) is 16.7 Å². The zero-order valence-corrected chi connectivity index (χ0v) is 18.9. The van der Waals surface area contributed by atoms with Gasteiger partial charge in [-0.15, -0.1) is 0 Å². The molecule has 2 aliphatic carbocycles. The second kappa shape index (κ2) is 7.05. The Labute approximate surface area is 198 Å². The first-order valence-corrected chi connectivity index (χ1v) is 12.0. The Balaban J connectivity index is 1.30. The second-order valence-corrected chi connectivity index (χ2v) is 10.2. The Hall–Kier alpha value is -3.41. The number of hydrogen-bond donors (Lipinski definition) is 2. The maximum absolute atomic E-state index is 10.8. The number of aromatic nitrogens is 2. The lowest BCUT2D eigenvalue weighted by Gasteiger charge is -2.52. The molecule has 2 heterocycles. The molecular weight excluding hydrogens is 422 g/mol. The van der Waals surface area contributed by atoms with Crippen LogP contribution in [0.15, 0.2) is 78.9 Å². The zero-order chi connectivity index (χ0) is 22.9. The predicted octanol–water partition coefficient (Wildman–Crippen LogP) is 5.32. The average molecular weight is 450 g/mol. The molecule has 3 N–H and O–H groups in total. The van der Waals surface area contributed by atoms with Gasteiger partial charge in [-0.3, -0.25) is 4.57 Å². The Kier molecular flexibility index (Phi) is 4.15. The third-order valence-electron chi connectivity index (χ3n) is 7.81. The maximum Gasteiger partial charge on any atom is 0.167 e. The van der Waals surface area contributed by atoms with Crippen LogP contribution in [-0.4, -0.2) is 20.3 Å². The van der Waals surface area contributed by atoms with E-state index in [0.29, 0.717) is 25.5 Å². The van der Waals surface area contributed by atoms with E-state index in [1.807, 2.05) is 24.3 Å². The van der Waals surface area contributed by atoms with Crippen LogP contribution in [0.3, 0.4) is 0 Å². The van der Waals surface area contributed by atoms with Crippen molar-refractivity contribution in [1.29, 1.82) is 0 Å². The fraction of sp³-hybridized carbons (Fsp3) is 0.276. The van der Waals surface area contributed by atoms with Crippen LogP contribution in [-0.2, 0) is 12.3 Å². The molecule has 34 heavy (non-hydrogen) atoms. The minimum Gasteiger partial charge on any atom is -0.472 e. The third kappa shape index (κ3) is 2.97. The van der Waals surface area contributed by atoms with Gasteiger partial charge < -0.3 is 15.6 Å². The van der Waals surface area contributed by atoms with Crippen LogP contribution in [0, 0.1) is 5.92 Å². The van der Waals surface area contributed by atoms with Crippen LogP contribution in [0.4, 0.5) is 0 Å². The summed E-state index contributed by atoms with van der Waals surface area (Å²) >= 11 is 0. The van der Waals surface area contributed by atoms with Gasteiger partial charge in [0.2, 0.25) is 0 Å². The molecule has 0 atom stereocenters. The smallest absolute Gasteiger partial charge is 0.167 e. The predicted molar refractivity (Wildman–Crippen MR) is 132 cm³/mol. The van der Waals surface area contributed by atoms with E-state index in [0.717, 1.165) is 58.1 Å². The lowest BCUT2D eigenvalue weighted by molar-refractivity contribution is -0.106. The number of hydrogen-bond acceptors (Lipinski definition) is 4. The first-order chi connectivity index (χ1) is 16.5. The largest absolute Gasteiger partial charge is 0.472 e. The number of nitrogens with two attached hydrogens (primary N) is 1. The minimum absolute atomic E-state index is 0.424. The summed E-state index contributed by atoms with van der Waals surface area (Å²) in [4.78, 5) is 5.13.